The molecule has 68 valence electrons. The van der Waals surface area contributed by atoms with Gasteiger partial charge in [-0.2, -0.15) is 0 Å². The molecule has 0 spiro atoms. The predicted molar refractivity (Wildman–Crippen MR) is 46.9 cm³/mol. The van der Waals surface area contributed by atoms with Crippen molar-refractivity contribution in [2.24, 2.45) is 0 Å². The Hall–Kier alpha value is -1.84. The third-order valence-electron chi connectivity index (χ3n) is 1.41. The molecule has 13 heavy (non-hydrogen) atoms. The van der Waals surface area contributed by atoms with E-state index in [-0.39, 0.29) is 5.76 Å². The average molecular weight is 179 g/mol. The highest BCUT2D eigenvalue weighted by Crippen LogP contribution is 2.08. The van der Waals surface area contributed by atoms with Crippen molar-refractivity contribution in [1.29, 1.82) is 0 Å². The molecular formula is C9H9NO3. The van der Waals surface area contributed by atoms with Crippen LogP contribution in [0.1, 0.15) is 5.56 Å². The largest absolute Gasteiger partial charge is 0.507 e. The number of methoxy groups -OCH3 is 1. The van der Waals surface area contributed by atoms with Crippen molar-refractivity contribution >= 4 is 11.7 Å². The van der Waals surface area contributed by atoms with Crippen LogP contribution in [0, 0.1) is 0 Å². The first kappa shape index (κ1) is 9.25. The molecular weight excluding hydrogens is 170 g/mol. The lowest BCUT2D eigenvalue weighted by Crippen LogP contribution is -1.96. The second kappa shape index (κ2) is 4.25. The van der Waals surface area contributed by atoms with Gasteiger partial charge in [-0.15, -0.1) is 0 Å². The smallest absolute Gasteiger partial charge is 0.334 e. The summed E-state index contributed by atoms with van der Waals surface area (Å²) in [4.78, 5) is 14.5. The van der Waals surface area contributed by atoms with Crippen LogP contribution in [0.25, 0.3) is 5.76 Å². The normalized spacial score (nSPS) is 11.0. The molecule has 0 aromatic carbocycles. The van der Waals surface area contributed by atoms with Crippen LogP contribution >= 0.6 is 0 Å². The van der Waals surface area contributed by atoms with E-state index in [4.69, 9.17) is 0 Å². The summed E-state index contributed by atoms with van der Waals surface area (Å²) in [7, 11) is 1.25. The molecule has 0 unspecified atom stereocenters. The number of ether oxygens (including phenoxy) is 1. The molecule has 1 aromatic rings. The van der Waals surface area contributed by atoms with Gasteiger partial charge in [-0.1, -0.05) is 0 Å². The number of aliphatic hydroxyl groups excluding tert-OH is 1. The van der Waals surface area contributed by atoms with Crippen molar-refractivity contribution < 1.29 is 14.6 Å². The number of pyridine rings is 1. The molecule has 4 nitrogen and oxygen atoms in total. The summed E-state index contributed by atoms with van der Waals surface area (Å²) >= 11 is 0. The molecule has 1 aromatic heterocycles. The zero-order valence-electron chi connectivity index (χ0n) is 7.10. The molecule has 0 atom stereocenters. The van der Waals surface area contributed by atoms with Gasteiger partial charge in [-0.05, 0) is 12.1 Å². The van der Waals surface area contributed by atoms with Gasteiger partial charge in [-0.25, -0.2) is 4.79 Å². The first-order valence-corrected chi connectivity index (χ1v) is 3.63. The highest BCUT2D eigenvalue weighted by atomic mass is 16.5. The van der Waals surface area contributed by atoms with Gasteiger partial charge < -0.3 is 9.84 Å². The van der Waals surface area contributed by atoms with Crippen LogP contribution in [-0.2, 0) is 9.53 Å². The van der Waals surface area contributed by atoms with Crippen LogP contribution in [0.2, 0.25) is 0 Å². The van der Waals surface area contributed by atoms with Crippen LogP contribution < -0.4 is 0 Å². The van der Waals surface area contributed by atoms with Crippen molar-refractivity contribution in [3.63, 3.8) is 0 Å². The van der Waals surface area contributed by atoms with Gasteiger partial charge in [0, 0.05) is 18.0 Å². The maximum Gasteiger partial charge on any atom is 0.334 e. The molecule has 0 bridgehead atoms. The molecule has 1 N–H and O–H groups in total. The molecule has 0 radical (unpaired) electrons. The number of aromatic nitrogens is 1. The van der Waals surface area contributed by atoms with E-state index in [0.29, 0.717) is 5.56 Å². The molecule has 0 amide bonds. The Balaban J connectivity index is 2.85. The van der Waals surface area contributed by atoms with E-state index in [1.54, 1.807) is 18.3 Å². The van der Waals surface area contributed by atoms with E-state index in [1.807, 2.05) is 0 Å². The van der Waals surface area contributed by atoms with Crippen LogP contribution in [0.4, 0.5) is 0 Å². The van der Waals surface area contributed by atoms with Gasteiger partial charge in [-0.3, -0.25) is 4.98 Å². The first-order chi connectivity index (χ1) is 6.24. The van der Waals surface area contributed by atoms with E-state index in [0.717, 1.165) is 6.08 Å². The van der Waals surface area contributed by atoms with Crippen molar-refractivity contribution in [2.45, 2.75) is 0 Å². The van der Waals surface area contributed by atoms with Gasteiger partial charge in [0.2, 0.25) is 0 Å². The molecule has 0 fully saturated rings. The van der Waals surface area contributed by atoms with Gasteiger partial charge >= 0.3 is 5.97 Å². The van der Waals surface area contributed by atoms with Crippen molar-refractivity contribution in [2.75, 3.05) is 7.11 Å². The topological polar surface area (TPSA) is 59.4 Å². The minimum atomic E-state index is -0.596. The summed E-state index contributed by atoms with van der Waals surface area (Å²) < 4.78 is 4.35. The zero-order chi connectivity index (χ0) is 9.68. The van der Waals surface area contributed by atoms with Gasteiger partial charge in [0.15, 0.2) is 0 Å². The van der Waals surface area contributed by atoms with Gasteiger partial charge in [0.1, 0.15) is 5.76 Å². The number of esters is 1. The monoisotopic (exact) mass is 179 g/mol. The van der Waals surface area contributed by atoms with Gasteiger partial charge in [0.25, 0.3) is 0 Å². The lowest BCUT2D eigenvalue weighted by atomic mass is 10.2. The zero-order valence-corrected chi connectivity index (χ0v) is 7.10. The molecule has 0 saturated heterocycles. The summed E-state index contributed by atoms with van der Waals surface area (Å²) in [5.41, 5.74) is 0.480. The number of nitrogens with zero attached hydrogens (tertiary/aromatic N) is 1. The fourth-order valence-corrected chi connectivity index (χ4v) is 0.768. The summed E-state index contributed by atoms with van der Waals surface area (Å²) in [5, 5.41) is 9.34. The van der Waals surface area contributed by atoms with Crippen LogP contribution in [0.5, 0.6) is 0 Å². The van der Waals surface area contributed by atoms with Crippen molar-refractivity contribution in [1.82, 2.24) is 4.98 Å². The molecule has 0 aliphatic carbocycles. The second-order valence-corrected chi connectivity index (χ2v) is 2.29. The highest BCUT2D eigenvalue weighted by Gasteiger charge is 2.01. The number of carbonyl (C=O) groups is 1. The highest BCUT2D eigenvalue weighted by molar-refractivity contribution is 5.89. The van der Waals surface area contributed by atoms with E-state index in [9.17, 15) is 9.90 Å². The number of hydrogen-bond acceptors (Lipinski definition) is 4. The van der Waals surface area contributed by atoms with Crippen molar-refractivity contribution in [3.05, 3.63) is 36.2 Å². The van der Waals surface area contributed by atoms with E-state index < -0.39 is 5.97 Å². The average Bonchev–Trinajstić information content (AvgIpc) is 2.19. The van der Waals surface area contributed by atoms with Crippen LogP contribution in [-0.4, -0.2) is 23.2 Å². The Bertz CT molecular complexity index is 319. The molecule has 0 aliphatic rings. The summed E-state index contributed by atoms with van der Waals surface area (Å²) in [5.74, 6) is -0.749. The standard InChI is InChI=1S/C9H9NO3/c1-13-9(12)5-8(11)7-3-2-4-10-6-7/h2-6,11H,1H3. The van der Waals surface area contributed by atoms with E-state index in [1.165, 1.54) is 13.3 Å². The van der Waals surface area contributed by atoms with Gasteiger partial charge in [0.05, 0.1) is 13.2 Å². The fourth-order valence-electron chi connectivity index (χ4n) is 0.768. The second-order valence-electron chi connectivity index (χ2n) is 2.29. The minimum absolute atomic E-state index is 0.153. The Morgan fingerprint density at radius 1 is 1.69 bits per heavy atom. The number of rotatable bonds is 2. The number of carbonyl (C=O) groups excluding carboxylic acids is 1. The Morgan fingerprint density at radius 3 is 3.00 bits per heavy atom. The Morgan fingerprint density at radius 2 is 2.46 bits per heavy atom. The molecule has 1 heterocycles. The maximum absolute atomic E-state index is 10.7. The third kappa shape index (κ3) is 2.59. The molecule has 0 saturated carbocycles. The lowest BCUT2D eigenvalue weighted by Gasteiger charge is -1.97. The fraction of sp³-hybridized carbons (Fsp3) is 0.111. The Kier molecular flexibility index (Phi) is 3.03. The van der Waals surface area contributed by atoms with E-state index >= 15 is 0 Å². The first-order valence-electron chi connectivity index (χ1n) is 3.63. The summed E-state index contributed by atoms with van der Waals surface area (Å²) in [6, 6.07) is 3.30. The minimum Gasteiger partial charge on any atom is -0.507 e. The number of hydrogen-bond donors (Lipinski definition) is 1. The summed E-state index contributed by atoms with van der Waals surface area (Å²) in [6.07, 6.45) is 4.03. The molecule has 0 aliphatic heterocycles. The predicted octanol–water partition coefficient (Wildman–Crippen LogP) is 1.15. The van der Waals surface area contributed by atoms with Crippen LogP contribution in [0.3, 0.4) is 0 Å². The maximum atomic E-state index is 10.7. The number of aliphatic hydroxyl groups is 1. The van der Waals surface area contributed by atoms with E-state index in [2.05, 4.69) is 9.72 Å². The SMILES string of the molecule is COC(=O)C=C(O)c1cccnc1. The third-order valence-corrected chi connectivity index (χ3v) is 1.41. The lowest BCUT2D eigenvalue weighted by molar-refractivity contribution is -0.134. The molecule has 1 rings (SSSR count). The quantitative estimate of drug-likeness (QED) is 0.420. The molecule has 4 heteroatoms. The summed E-state index contributed by atoms with van der Waals surface area (Å²) in [6.45, 7) is 0. The van der Waals surface area contributed by atoms with Crippen LogP contribution in [0.15, 0.2) is 30.6 Å². The Labute approximate surface area is 75.5 Å². The van der Waals surface area contributed by atoms with Crippen molar-refractivity contribution in [3.8, 4) is 0 Å².